The Morgan fingerprint density at radius 3 is 2.76 bits per heavy atom. The zero-order chi connectivity index (χ0) is 14.1. The Labute approximate surface area is 122 Å². The van der Waals surface area contributed by atoms with Gasteiger partial charge in [-0.1, -0.05) is 0 Å². The van der Waals surface area contributed by atoms with Gasteiger partial charge in [0.05, 0.1) is 18.9 Å². The molecule has 1 aromatic heterocycles. The van der Waals surface area contributed by atoms with Gasteiger partial charge in [0.1, 0.15) is 0 Å². The van der Waals surface area contributed by atoms with Crippen molar-refractivity contribution in [1.82, 2.24) is 9.97 Å². The zero-order valence-electron chi connectivity index (χ0n) is 11.5. The van der Waals surface area contributed by atoms with Crippen LogP contribution in [0.2, 0.25) is 0 Å². The second kappa shape index (κ2) is 5.21. The first kappa shape index (κ1) is 12.4. The lowest BCUT2D eigenvalue weighted by atomic mass is 10.1. The average Bonchev–Trinajstić information content (AvgIpc) is 3.03. The fourth-order valence-corrected chi connectivity index (χ4v) is 2.48. The van der Waals surface area contributed by atoms with Gasteiger partial charge in [-0.3, -0.25) is 0 Å². The fourth-order valence-electron chi connectivity index (χ4n) is 2.48. The van der Waals surface area contributed by atoms with Gasteiger partial charge in [0, 0.05) is 24.8 Å². The van der Waals surface area contributed by atoms with E-state index < -0.39 is 0 Å². The Bertz CT molecular complexity index is 656. The Morgan fingerprint density at radius 2 is 1.86 bits per heavy atom. The highest BCUT2D eigenvalue weighted by atomic mass is 16.7. The molecule has 1 saturated heterocycles. The molecule has 0 aliphatic carbocycles. The second-order valence-electron chi connectivity index (χ2n) is 4.91. The summed E-state index contributed by atoms with van der Waals surface area (Å²) in [4.78, 5) is 11.2. The van der Waals surface area contributed by atoms with E-state index in [4.69, 9.17) is 14.2 Å². The maximum Gasteiger partial charge on any atom is 0.231 e. The van der Waals surface area contributed by atoms with E-state index in [1.165, 1.54) is 0 Å². The van der Waals surface area contributed by atoms with Crippen LogP contribution in [-0.2, 0) is 4.74 Å². The highest BCUT2D eigenvalue weighted by Gasteiger charge is 2.17. The predicted octanol–water partition coefficient (Wildman–Crippen LogP) is 1.71. The Morgan fingerprint density at radius 1 is 1.00 bits per heavy atom. The molecule has 2 aliphatic rings. The third-order valence-electron chi connectivity index (χ3n) is 3.61. The van der Waals surface area contributed by atoms with E-state index in [9.17, 15) is 0 Å². The summed E-state index contributed by atoms with van der Waals surface area (Å²) in [6.45, 7) is 3.37. The molecular formula is C15H15N3O3. The monoisotopic (exact) mass is 285 g/mol. The number of hydrogen-bond acceptors (Lipinski definition) is 6. The van der Waals surface area contributed by atoms with Crippen molar-refractivity contribution in [2.75, 3.05) is 38.0 Å². The lowest BCUT2D eigenvalue weighted by molar-refractivity contribution is 0.122. The molecule has 0 unspecified atom stereocenters. The summed E-state index contributed by atoms with van der Waals surface area (Å²) in [6, 6.07) is 7.75. The van der Waals surface area contributed by atoms with Crippen molar-refractivity contribution in [3.05, 3.63) is 30.5 Å². The molecule has 6 nitrogen and oxygen atoms in total. The molecule has 0 saturated carbocycles. The van der Waals surface area contributed by atoms with Crippen LogP contribution in [0.5, 0.6) is 11.5 Å². The molecule has 6 heteroatoms. The number of anilines is 1. The van der Waals surface area contributed by atoms with Gasteiger partial charge in [-0.05, 0) is 24.3 Å². The molecule has 0 amide bonds. The van der Waals surface area contributed by atoms with Crippen LogP contribution in [0.15, 0.2) is 30.5 Å². The average molecular weight is 285 g/mol. The van der Waals surface area contributed by atoms with E-state index in [1.54, 1.807) is 6.20 Å². The predicted molar refractivity (Wildman–Crippen MR) is 76.6 cm³/mol. The smallest absolute Gasteiger partial charge is 0.231 e. The maximum absolute atomic E-state index is 5.41. The van der Waals surface area contributed by atoms with Crippen LogP contribution < -0.4 is 14.4 Å². The number of morpholine rings is 1. The molecule has 2 aliphatic heterocycles. The topological polar surface area (TPSA) is 56.7 Å². The number of benzene rings is 1. The van der Waals surface area contributed by atoms with Gasteiger partial charge >= 0.3 is 0 Å². The van der Waals surface area contributed by atoms with Crippen molar-refractivity contribution < 1.29 is 14.2 Å². The minimum atomic E-state index is 0.279. The molecule has 0 N–H and O–H groups in total. The maximum atomic E-state index is 5.41. The number of rotatable bonds is 2. The molecule has 108 valence electrons. The molecule has 0 spiro atoms. The number of ether oxygens (including phenoxy) is 3. The van der Waals surface area contributed by atoms with Crippen LogP contribution in [0.4, 0.5) is 5.95 Å². The van der Waals surface area contributed by atoms with Crippen molar-refractivity contribution in [2.24, 2.45) is 0 Å². The van der Waals surface area contributed by atoms with Crippen molar-refractivity contribution in [3.63, 3.8) is 0 Å². The van der Waals surface area contributed by atoms with Gasteiger partial charge in [-0.2, -0.15) is 0 Å². The molecule has 1 aromatic carbocycles. The standard InChI is InChI=1S/C15H15N3O3/c1-2-13-14(21-10-20-13)9-11(1)12-3-4-16-15(17-12)18-5-7-19-8-6-18/h1-4,9H,5-8,10H2. The molecule has 3 heterocycles. The lowest BCUT2D eigenvalue weighted by Gasteiger charge is -2.26. The van der Waals surface area contributed by atoms with E-state index in [0.29, 0.717) is 0 Å². The first-order valence-corrected chi connectivity index (χ1v) is 6.96. The van der Waals surface area contributed by atoms with E-state index in [0.717, 1.165) is 55.0 Å². The van der Waals surface area contributed by atoms with Gasteiger partial charge < -0.3 is 19.1 Å². The second-order valence-corrected chi connectivity index (χ2v) is 4.91. The largest absolute Gasteiger partial charge is 0.454 e. The fraction of sp³-hybridized carbons (Fsp3) is 0.333. The lowest BCUT2D eigenvalue weighted by Crippen LogP contribution is -2.37. The Kier molecular flexibility index (Phi) is 3.08. The van der Waals surface area contributed by atoms with E-state index >= 15 is 0 Å². The summed E-state index contributed by atoms with van der Waals surface area (Å²) in [5.74, 6) is 2.29. The summed E-state index contributed by atoms with van der Waals surface area (Å²) < 4.78 is 16.1. The van der Waals surface area contributed by atoms with E-state index in [-0.39, 0.29) is 6.79 Å². The van der Waals surface area contributed by atoms with Crippen molar-refractivity contribution >= 4 is 5.95 Å². The van der Waals surface area contributed by atoms with Crippen molar-refractivity contribution in [2.45, 2.75) is 0 Å². The number of nitrogens with zero attached hydrogens (tertiary/aromatic N) is 3. The van der Waals surface area contributed by atoms with Gasteiger partial charge in [0.2, 0.25) is 12.7 Å². The SMILES string of the molecule is c1cc(-c2ccc3c(c2)OCO3)nc(N2CCOCC2)n1. The minimum Gasteiger partial charge on any atom is -0.454 e. The molecule has 0 atom stereocenters. The first-order chi connectivity index (χ1) is 10.4. The molecule has 4 rings (SSSR count). The van der Waals surface area contributed by atoms with Crippen LogP contribution in [0.25, 0.3) is 11.3 Å². The van der Waals surface area contributed by atoms with Crippen LogP contribution in [0, 0.1) is 0 Å². The number of aromatic nitrogens is 2. The van der Waals surface area contributed by atoms with Crippen LogP contribution in [0.3, 0.4) is 0 Å². The van der Waals surface area contributed by atoms with Gasteiger partial charge in [-0.15, -0.1) is 0 Å². The summed E-state index contributed by atoms with van der Waals surface area (Å²) in [7, 11) is 0. The van der Waals surface area contributed by atoms with E-state index in [1.807, 2.05) is 24.3 Å². The molecular weight excluding hydrogens is 270 g/mol. The minimum absolute atomic E-state index is 0.279. The van der Waals surface area contributed by atoms with Crippen LogP contribution >= 0.6 is 0 Å². The highest BCUT2D eigenvalue weighted by molar-refractivity contribution is 5.65. The number of fused-ring (bicyclic) bond motifs is 1. The molecule has 1 fully saturated rings. The summed E-state index contributed by atoms with van der Waals surface area (Å²) in [5, 5.41) is 0. The quantitative estimate of drug-likeness (QED) is 0.837. The van der Waals surface area contributed by atoms with E-state index in [2.05, 4.69) is 14.9 Å². The zero-order valence-corrected chi connectivity index (χ0v) is 11.5. The van der Waals surface area contributed by atoms with Gasteiger partial charge in [-0.25, -0.2) is 9.97 Å². The van der Waals surface area contributed by atoms with Gasteiger partial charge in [0.15, 0.2) is 11.5 Å². The van der Waals surface area contributed by atoms with Crippen molar-refractivity contribution in [1.29, 1.82) is 0 Å². The highest BCUT2D eigenvalue weighted by Crippen LogP contribution is 2.35. The third kappa shape index (κ3) is 2.38. The third-order valence-corrected chi connectivity index (χ3v) is 3.61. The summed E-state index contributed by atoms with van der Waals surface area (Å²) >= 11 is 0. The summed E-state index contributed by atoms with van der Waals surface area (Å²) in [5.41, 5.74) is 1.88. The Hall–Kier alpha value is -2.34. The normalized spacial score (nSPS) is 17.0. The van der Waals surface area contributed by atoms with Crippen LogP contribution in [0.1, 0.15) is 0 Å². The van der Waals surface area contributed by atoms with Crippen molar-refractivity contribution in [3.8, 4) is 22.8 Å². The van der Waals surface area contributed by atoms with Gasteiger partial charge in [0.25, 0.3) is 0 Å². The molecule has 0 radical (unpaired) electrons. The first-order valence-electron chi connectivity index (χ1n) is 6.96. The number of hydrogen-bond donors (Lipinski definition) is 0. The Balaban J connectivity index is 1.65. The molecule has 2 aromatic rings. The summed E-state index contributed by atoms with van der Waals surface area (Å²) in [6.07, 6.45) is 1.79. The molecule has 21 heavy (non-hydrogen) atoms. The van der Waals surface area contributed by atoms with Crippen LogP contribution in [-0.4, -0.2) is 43.1 Å². The molecule has 0 bridgehead atoms.